The number of aromatic nitrogens is 3. The Kier molecular flexibility index (Phi) is 4.68. The lowest BCUT2D eigenvalue weighted by Crippen LogP contribution is -2.50. The van der Waals surface area contributed by atoms with E-state index in [-0.39, 0.29) is 11.9 Å². The molecule has 1 fully saturated rings. The van der Waals surface area contributed by atoms with Gasteiger partial charge in [-0.25, -0.2) is 4.68 Å². The fourth-order valence-corrected chi connectivity index (χ4v) is 2.82. The van der Waals surface area contributed by atoms with E-state index in [2.05, 4.69) is 22.1 Å². The van der Waals surface area contributed by atoms with Gasteiger partial charge in [-0.3, -0.25) is 9.69 Å². The van der Waals surface area contributed by atoms with Crippen LogP contribution in [0.15, 0.2) is 36.5 Å². The maximum absolute atomic E-state index is 11.5. The van der Waals surface area contributed by atoms with Gasteiger partial charge in [0.25, 0.3) is 0 Å². The zero-order chi connectivity index (χ0) is 16.2. The van der Waals surface area contributed by atoms with Gasteiger partial charge in [0.2, 0.25) is 5.91 Å². The molecule has 122 valence electrons. The number of nitrogens with zero attached hydrogens (tertiary/aromatic N) is 5. The molecule has 7 heteroatoms. The Bertz CT molecular complexity index is 650. The number of hydrogen-bond acceptors (Lipinski definition) is 5. The minimum Gasteiger partial charge on any atom is -0.387 e. The summed E-state index contributed by atoms with van der Waals surface area (Å²) in [5.74, 6) is -0.202. The van der Waals surface area contributed by atoms with Gasteiger partial charge in [-0.1, -0.05) is 23.4 Å². The first kappa shape index (κ1) is 15.6. The Morgan fingerprint density at radius 2 is 1.91 bits per heavy atom. The Balaban J connectivity index is 1.64. The molecule has 23 heavy (non-hydrogen) atoms. The molecule has 1 aromatic heterocycles. The Morgan fingerprint density at radius 1 is 1.22 bits per heavy atom. The number of amides is 1. The standard InChI is InChI=1S/C16H21N5O2/c1-13(19-7-9-20(10-8-19)16(23)12-22)15-11-21(18-17-15)14-5-3-2-4-6-14/h2-6,11,13,22H,7-10,12H2,1H3. The number of aliphatic hydroxyl groups excluding tert-OH is 1. The number of hydrogen-bond donors (Lipinski definition) is 1. The minimum atomic E-state index is -0.416. The van der Waals surface area contributed by atoms with Gasteiger partial charge in [0.05, 0.1) is 23.6 Å². The molecule has 1 aromatic carbocycles. The van der Waals surface area contributed by atoms with Crippen LogP contribution >= 0.6 is 0 Å². The summed E-state index contributed by atoms with van der Waals surface area (Å²) in [5, 5.41) is 17.4. The third-order valence-electron chi connectivity index (χ3n) is 4.31. The molecule has 1 amide bonds. The molecule has 1 aliphatic rings. The lowest BCUT2D eigenvalue weighted by molar-refractivity contribution is -0.136. The molecule has 3 rings (SSSR count). The average Bonchev–Trinajstić information content (AvgIpc) is 3.11. The second-order valence-corrected chi connectivity index (χ2v) is 5.67. The number of benzene rings is 1. The van der Waals surface area contributed by atoms with Crippen molar-refractivity contribution in [3.8, 4) is 5.69 Å². The highest BCUT2D eigenvalue weighted by Gasteiger charge is 2.25. The summed E-state index contributed by atoms with van der Waals surface area (Å²) >= 11 is 0. The van der Waals surface area contributed by atoms with Crippen molar-refractivity contribution in [2.45, 2.75) is 13.0 Å². The van der Waals surface area contributed by atoms with Crippen LogP contribution in [0.3, 0.4) is 0 Å². The van der Waals surface area contributed by atoms with Crippen molar-refractivity contribution in [2.24, 2.45) is 0 Å². The first-order valence-electron chi connectivity index (χ1n) is 7.79. The molecule has 7 nitrogen and oxygen atoms in total. The topological polar surface area (TPSA) is 74.5 Å². The first-order valence-corrected chi connectivity index (χ1v) is 7.79. The average molecular weight is 315 g/mol. The van der Waals surface area contributed by atoms with Crippen molar-refractivity contribution in [3.63, 3.8) is 0 Å². The van der Waals surface area contributed by atoms with Gasteiger partial charge in [-0.05, 0) is 19.1 Å². The lowest BCUT2D eigenvalue weighted by Gasteiger charge is -2.37. The number of rotatable bonds is 4. The van der Waals surface area contributed by atoms with Crippen LogP contribution in [0.4, 0.5) is 0 Å². The molecule has 0 saturated carbocycles. The van der Waals surface area contributed by atoms with Gasteiger partial charge >= 0.3 is 0 Å². The molecular weight excluding hydrogens is 294 g/mol. The molecule has 2 heterocycles. The molecule has 0 spiro atoms. The van der Waals surface area contributed by atoms with Crippen LogP contribution in [0.1, 0.15) is 18.7 Å². The summed E-state index contributed by atoms with van der Waals surface area (Å²) < 4.78 is 1.78. The smallest absolute Gasteiger partial charge is 0.248 e. The van der Waals surface area contributed by atoms with E-state index in [1.807, 2.05) is 36.5 Å². The van der Waals surface area contributed by atoms with Gasteiger partial charge in [-0.15, -0.1) is 5.10 Å². The van der Waals surface area contributed by atoms with Crippen LogP contribution in [0, 0.1) is 0 Å². The molecule has 1 saturated heterocycles. The third-order valence-corrected chi connectivity index (χ3v) is 4.31. The zero-order valence-corrected chi connectivity index (χ0v) is 13.2. The molecule has 1 aliphatic heterocycles. The summed E-state index contributed by atoms with van der Waals surface area (Å²) in [5.41, 5.74) is 1.90. The Morgan fingerprint density at radius 3 is 2.57 bits per heavy atom. The van der Waals surface area contributed by atoms with E-state index in [9.17, 15) is 4.79 Å². The van der Waals surface area contributed by atoms with E-state index < -0.39 is 6.61 Å². The molecule has 0 radical (unpaired) electrons. The molecule has 0 bridgehead atoms. The van der Waals surface area contributed by atoms with Crippen LogP contribution < -0.4 is 0 Å². The first-order chi connectivity index (χ1) is 11.2. The minimum absolute atomic E-state index is 0.138. The maximum atomic E-state index is 11.5. The number of aliphatic hydroxyl groups is 1. The van der Waals surface area contributed by atoms with Crippen LogP contribution in [0.2, 0.25) is 0 Å². The summed E-state index contributed by atoms with van der Waals surface area (Å²) in [6.45, 7) is 4.49. The van der Waals surface area contributed by atoms with Crippen molar-refractivity contribution in [1.82, 2.24) is 24.8 Å². The number of carbonyl (C=O) groups is 1. The van der Waals surface area contributed by atoms with Gasteiger partial charge in [0, 0.05) is 26.2 Å². The van der Waals surface area contributed by atoms with Crippen LogP contribution in [0.25, 0.3) is 5.69 Å². The second kappa shape index (κ2) is 6.89. The number of carbonyl (C=O) groups excluding carboxylic acids is 1. The van der Waals surface area contributed by atoms with Crippen molar-refractivity contribution < 1.29 is 9.90 Å². The molecule has 1 atom stereocenters. The highest BCUT2D eigenvalue weighted by Crippen LogP contribution is 2.20. The summed E-state index contributed by atoms with van der Waals surface area (Å²) in [6.07, 6.45) is 1.95. The molecule has 0 aliphatic carbocycles. The van der Waals surface area contributed by atoms with Gasteiger partial charge < -0.3 is 10.0 Å². The fraction of sp³-hybridized carbons (Fsp3) is 0.438. The van der Waals surface area contributed by atoms with E-state index in [0.717, 1.165) is 24.5 Å². The van der Waals surface area contributed by atoms with E-state index in [1.165, 1.54) is 0 Å². The second-order valence-electron chi connectivity index (χ2n) is 5.67. The monoisotopic (exact) mass is 315 g/mol. The lowest BCUT2D eigenvalue weighted by atomic mass is 10.2. The van der Waals surface area contributed by atoms with Crippen molar-refractivity contribution >= 4 is 5.91 Å². The van der Waals surface area contributed by atoms with Gasteiger partial charge in [0.15, 0.2) is 0 Å². The Hall–Kier alpha value is -2.25. The van der Waals surface area contributed by atoms with Crippen molar-refractivity contribution in [3.05, 3.63) is 42.2 Å². The van der Waals surface area contributed by atoms with E-state index in [0.29, 0.717) is 13.1 Å². The highest BCUT2D eigenvalue weighted by atomic mass is 16.3. The Labute approximate surface area is 135 Å². The van der Waals surface area contributed by atoms with Gasteiger partial charge in [-0.2, -0.15) is 0 Å². The maximum Gasteiger partial charge on any atom is 0.248 e. The van der Waals surface area contributed by atoms with E-state index in [1.54, 1.807) is 9.58 Å². The summed E-state index contributed by atoms with van der Waals surface area (Å²) in [6, 6.07) is 10.0. The number of para-hydroxylation sites is 1. The number of piperazine rings is 1. The molecular formula is C16H21N5O2. The molecule has 2 aromatic rings. The van der Waals surface area contributed by atoms with Crippen molar-refractivity contribution in [1.29, 1.82) is 0 Å². The normalized spacial score (nSPS) is 17.2. The van der Waals surface area contributed by atoms with Gasteiger partial charge in [0.1, 0.15) is 6.61 Å². The molecule has 1 unspecified atom stereocenters. The quantitative estimate of drug-likeness (QED) is 0.887. The predicted octanol–water partition coefficient (Wildman–Crippen LogP) is 0.465. The highest BCUT2D eigenvalue weighted by molar-refractivity contribution is 5.77. The third kappa shape index (κ3) is 3.40. The van der Waals surface area contributed by atoms with Crippen LogP contribution in [-0.2, 0) is 4.79 Å². The van der Waals surface area contributed by atoms with Crippen LogP contribution in [0.5, 0.6) is 0 Å². The van der Waals surface area contributed by atoms with E-state index in [4.69, 9.17) is 5.11 Å². The summed E-state index contributed by atoms with van der Waals surface area (Å²) in [7, 11) is 0. The van der Waals surface area contributed by atoms with Crippen LogP contribution in [-0.4, -0.2) is 68.6 Å². The summed E-state index contributed by atoms with van der Waals surface area (Å²) in [4.78, 5) is 15.5. The van der Waals surface area contributed by atoms with Crippen molar-refractivity contribution in [2.75, 3.05) is 32.8 Å². The van der Waals surface area contributed by atoms with E-state index >= 15 is 0 Å². The molecule has 1 N–H and O–H groups in total. The SMILES string of the molecule is CC(c1cn(-c2ccccc2)nn1)N1CCN(C(=O)CO)CC1. The fourth-order valence-electron chi connectivity index (χ4n) is 2.82. The largest absolute Gasteiger partial charge is 0.387 e. The zero-order valence-electron chi connectivity index (χ0n) is 13.2. The predicted molar refractivity (Wildman–Crippen MR) is 85.0 cm³/mol.